The number of fused-ring (bicyclic) bond motifs is 1. The third kappa shape index (κ3) is 5.05. The Morgan fingerprint density at radius 2 is 1.72 bits per heavy atom. The highest BCUT2D eigenvalue weighted by atomic mass is 79.9. The van der Waals surface area contributed by atoms with Gasteiger partial charge in [-0.05, 0) is 67.0 Å². The SMILES string of the molecule is CCOC(=O)c1c(CN2CCCCC2)n(-c2ccccc2)c2cc(Br)c(O)c(CN3CCOCC3)c12. The van der Waals surface area contributed by atoms with Crippen LogP contribution in [-0.2, 0) is 22.6 Å². The molecule has 0 unspecified atom stereocenters. The molecule has 2 saturated heterocycles. The van der Waals surface area contributed by atoms with Crippen molar-refractivity contribution in [2.45, 2.75) is 39.3 Å². The van der Waals surface area contributed by atoms with Gasteiger partial charge < -0.3 is 19.1 Å². The predicted molar refractivity (Wildman–Crippen MR) is 144 cm³/mol. The Labute approximate surface area is 220 Å². The van der Waals surface area contributed by atoms with E-state index in [2.05, 4.69) is 42.4 Å². The van der Waals surface area contributed by atoms with E-state index in [9.17, 15) is 9.90 Å². The average molecular weight is 557 g/mol. The Kier molecular flexibility index (Phi) is 7.96. The second-order valence-electron chi connectivity index (χ2n) is 9.52. The van der Waals surface area contributed by atoms with Gasteiger partial charge in [-0.15, -0.1) is 0 Å². The molecule has 2 aliphatic heterocycles. The number of halogens is 1. The van der Waals surface area contributed by atoms with Crippen molar-refractivity contribution in [3.8, 4) is 11.4 Å². The van der Waals surface area contributed by atoms with Gasteiger partial charge in [-0.2, -0.15) is 0 Å². The molecule has 0 saturated carbocycles. The number of para-hydroxylation sites is 1. The normalized spacial score (nSPS) is 17.5. The first-order chi connectivity index (χ1) is 17.6. The van der Waals surface area contributed by atoms with E-state index < -0.39 is 0 Å². The Bertz CT molecular complexity index is 1210. The number of phenols is 1. The van der Waals surface area contributed by atoms with Crippen LogP contribution < -0.4 is 0 Å². The third-order valence-electron chi connectivity index (χ3n) is 7.18. The summed E-state index contributed by atoms with van der Waals surface area (Å²) >= 11 is 3.61. The van der Waals surface area contributed by atoms with Gasteiger partial charge in [0.1, 0.15) is 5.75 Å². The van der Waals surface area contributed by atoms with Crippen LogP contribution in [0.4, 0.5) is 0 Å². The minimum atomic E-state index is -0.339. The molecule has 1 N–H and O–H groups in total. The molecule has 0 radical (unpaired) electrons. The number of ether oxygens (including phenoxy) is 2. The number of nitrogens with zero attached hydrogens (tertiary/aromatic N) is 3. The molecule has 0 aliphatic carbocycles. The van der Waals surface area contributed by atoms with Gasteiger partial charge in [-0.1, -0.05) is 24.6 Å². The molecule has 0 spiro atoms. The van der Waals surface area contributed by atoms with Crippen molar-refractivity contribution in [1.82, 2.24) is 14.4 Å². The van der Waals surface area contributed by atoms with Crippen molar-refractivity contribution in [3.63, 3.8) is 0 Å². The maximum atomic E-state index is 13.6. The van der Waals surface area contributed by atoms with Crippen molar-refractivity contribution in [1.29, 1.82) is 0 Å². The van der Waals surface area contributed by atoms with E-state index >= 15 is 0 Å². The lowest BCUT2D eigenvalue weighted by Crippen LogP contribution is -2.35. The molecule has 192 valence electrons. The number of aromatic hydroxyl groups is 1. The second kappa shape index (κ2) is 11.3. The van der Waals surface area contributed by atoms with Gasteiger partial charge in [-0.25, -0.2) is 4.79 Å². The largest absolute Gasteiger partial charge is 0.506 e. The number of morpholine rings is 1. The van der Waals surface area contributed by atoms with Crippen LogP contribution in [0.25, 0.3) is 16.6 Å². The van der Waals surface area contributed by atoms with E-state index in [-0.39, 0.29) is 11.7 Å². The predicted octanol–water partition coefficient (Wildman–Crippen LogP) is 5.09. The van der Waals surface area contributed by atoms with Gasteiger partial charge >= 0.3 is 5.97 Å². The van der Waals surface area contributed by atoms with Gasteiger partial charge in [-0.3, -0.25) is 9.80 Å². The minimum absolute atomic E-state index is 0.175. The number of carbonyl (C=O) groups excluding carboxylic acids is 1. The van der Waals surface area contributed by atoms with E-state index in [1.165, 1.54) is 6.42 Å². The second-order valence-corrected chi connectivity index (χ2v) is 10.4. The van der Waals surface area contributed by atoms with E-state index in [0.717, 1.165) is 66.9 Å². The summed E-state index contributed by atoms with van der Waals surface area (Å²) in [7, 11) is 0. The first-order valence-electron chi connectivity index (χ1n) is 12.9. The fourth-order valence-electron chi connectivity index (χ4n) is 5.45. The summed E-state index contributed by atoms with van der Waals surface area (Å²) in [5.41, 5.74) is 4.10. The Morgan fingerprint density at radius 1 is 1.03 bits per heavy atom. The molecule has 2 aromatic carbocycles. The molecular formula is C28H34BrN3O4. The smallest absolute Gasteiger partial charge is 0.340 e. The lowest BCUT2D eigenvalue weighted by atomic mass is 10.0. The summed E-state index contributed by atoms with van der Waals surface area (Å²) in [6.45, 7) is 8.20. The molecule has 0 amide bonds. The van der Waals surface area contributed by atoms with Gasteiger partial charge in [0.05, 0.1) is 41.1 Å². The quantitative estimate of drug-likeness (QED) is 0.409. The van der Waals surface area contributed by atoms with Gasteiger partial charge in [0.15, 0.2) is 0 Å². The molecule has 2 fully saturated rings. The topological polar surface area (TPSA) is 67.2 Å². The zero-order chi connectivity index (χ0) is 25.1. The molecule has 5 rings (SSSR count). The van der Waals surface area contributed by atoms with Crippen LogP contribution in [0.5, 0.6) is 5.75 Å². The first kappa shape index (κ1) is 25.3. The number of rotatable bonds is 7. The lowest BCUT2D eigenvalue weighted by Gasteiger charge is -2.27. The number of likely N-dealkylation sites (tertiary alicyclic amines) is 1. The molecule has 8 heteroatoms. The molecule has 0 atom stereocenters. The van der Waals surface area contributed by atoms with Crippen LogP contribution in [0.3, 0.4) is 0 Å². The van der Waals surface area contributed by atoms with Crippen molar-refractivity contribution in [2.24, 2.45) is 0 Å². The summed E-state index contributed by atoms with van der Waals surface area (Å²) < 4.78 is 14.0. The summed E-state index contributed by atoms with van der Waals surface area (Å²) in [6.07, 6.45) is 3.57. The number of phenolic OH excluding ortho intramolecular Hbond substituents is 1. The van der Waals surface area contributed by atoms with E-state index in [4.69, 9.17) is 9.47 Å². The summed E-state index contributed by atoms with van der Waals surface area (Å²) in [5.74, 6) is -0.164. The van der Waals surface area contributed by atoms with Crippen molar-refractivity contribution in [3.05, 3.63) is 57.7 Å². The van der Waals surface area contributed by atoms with Crippen LogP contribution in [0.15, 0.2) is 40.9 Å². The fraction of sp³-hybridized carbons (Fsp3) is 0.464. The number of esters is 1. The zero-order valence-corrected chi connectivity index (χ0v) is 22.4. The highest BCUT2D eigenvalue weighted by molar-refractivity contribution is 9.10. The summed E-state index contributed by atoms with van der Waals surface area (Å²) in [6, 6.07) is 12.1. The Balaban J connectivity index is 1.78. The molecule has 36 heavy (non-hydrogen) atoms. The van der Waals surface area contributed by atoms with Crippen molar-refractivity contribution >= 4 is 32.8 Å². The molecule has 3 aromatic rings. The maximum Gasteiger partial charge on any atom is 0.340 e. The van der Waals surface area contributed by atoms with Gasteiger partial charge in [0.2, 0.25) is 0 Å². The average Bonchev–Trinajstić information content (AvgIpc) is 3.21. The van der Waals surface area contributed by atoms with Crippen LogP contribution in [0.2, 0.25) is 0 Å². The maximum absolute atomic E-state index is 13.6. The van der Waals surface area contributed by atoms with Crippen molar-refractivity contribution in [2.75, 3.05) is 46.0 Å². The Hall–Kier alpha value is -2.39. The van der Waals surface area contributed by atoms with Crippen LogP contribution in [0, 0.1) is 0 Å². The molecular weight excluding hydrogens is 522 g/mol. The number of piperidine rings is 1. The fourth-order valence-corrected chi connectivity index (χ4v) is 5.90. The van der Waals surface area contributed by atoms with Crippen molar-refractivity contribution < 1.29 is 19.4 Å². The van der Waals surface area contributed by atoms with Crippen LogP contribution in [0.1, 0.15) is 47.8 Å². The number of aromatic nitrogens is 1. The highest BCUT2D eigenvalue weighted by Crippen LogP contribution is 2.42. The van der Waals surface area contributed by atoms with Crippen LogP contribution >= 0.6 is 15.9 Å². The first-order valence-corrected chi connectivity index (χ1v) is 13.7. The van der Waals surface area contributed by atoms with Gasteiger partial charge in [0.25, 0.3) is 0 Å². The molecule has 0 bridgehead atoms. The summed E-state index contributed by atoms with van der Waals surface area (Å²) in [5, 5.41) is 12.1. The molecule has 1 aromatic heterocycles. The zero-order valence-electron chi connectivity index (χ0n) is 20.8. The highest BCUT2D eigenvalue weighted by Gasteiger charge is 2.31. The number of hydrogen-bond acceptors (Lipinski definition) is 6. The number of carbonyl (C=O) groups is 1. The van der Waals surface area contributed by atoms with E-state index in [1.54, 1.807) is 0 Å². The molecule has 7 nitrogen and oxygen atoms in total. The van der Waals surface area contributed by atoms with Gasteiger partial charge in [0, 0.05) is 42.8 Å². The Morgan fingerprint density at radius 3 is 2.42 bits per heavy atom. The lowest BCUT2D eigenvalue weighted by molar-refractivity contribution is 0.0340. The minimum Gasteiger partial charge on any atom is -0.506 e. The molecule has 2 aliphatic rings. The summed E-state index contributed by atoms with van der Waals surface area (Å²) in [4.78, 5) is 18.3. The monoisotopic (exact) mass is 555 g/mol. The van der Waals surface area contributed by atoms with E-state index in [0.29, 0.717) is 42.9 Å². The number of hydrogen-bond donors (Lipinski definition) is 1. The standard InChI is InChI=1S/C28H34BrN3O4/c1-2-36-28(34)26-24(19-30-11-7-4-8-12-30)32(20-9-5-3-6-10-20)23-17-22(29)27(33)21(25(23)26)18-31-13-15-35-16-14-31/h3,5-6,9-10,17,33H,2,4,7-8,11-16,18-19H2,1H3. The number of benzene rings is 2. The van der Waals surface area contributed by atoms with Crippen LogP contribution in [-0.4, -0.2) is 71.4 Å². The van der Waals surface area contributed by atoms with E-state index in [1.807, 2.05) is 31.2 Å². The third-order valence-corrected chi connectivity index (χ3v) is 7.79. The molecule has 3 heterocycles.